The highest BCUT2D eigenvalue weighted by molar-refractivity contribution is 5.82. The van der Waals surface area contributed by atoms with Crippen molar-refractivity contribution in [1.82, 2.24) is 29.5 Å². The molecule has 4 heterocycles. The topological polar surface area (TPSA) is 84.8 Å². The summed E-state index contributed by atoms with van der Waals surface area (Å²) in [6, 6.07) is 0. The van der Waals surface area contributed by atoms with Gasteiger partial charge in [-0.25, -0.2) is 19.9 Å². The number of anilines is 1. The van der Waals surface area contributed by atoms with Crippen LogP contribution >= 0.6 is 0 Å². The molecule has 0 radical (unpaired) electrons. The highest BCUT2D eigenvalue weighted by Gasteiger charge is 2.26. The third kappa shape index (κ3) is 2.73. The molecule has 0 bridgehead atoms. The highest BCUT2D eigenvalue weighted by Crippen LogP contribution is 2.30. The third-order valence-corrected chi connectivity index (χ3v) is 4.57. The lowest BCUT2D eigenvalue weighted by Crippen LogP contribution is -2.36. The molecule has 0 amide bonds. The molecule has 0 saturated carbocycles. The average molecular weight is 327 g/mol. The van der Waals surface area contributed by atoms with Crippen molar-refractivity contribution in [2.24, 2.45) is 0 Å². The first kappa shape index (κ1) is 15.1. The van der Waals surface area contributed by atoms with Crippen molar-refractivity contribution in [2.45, 2.75) is 25.3 Å². The van der Waals surface area contributed by atoms with Gasteiger partial charge < -0.3 is 19.2 Å². The predicted octanol–water partition coefficient (Wildman–Crippen LogP) is 1.58. The molecule has 24 heavy (non-hydrogen) atoms. The Morgan fingerprint density at radius 2 is 2.25 bits per heavy atom. The lowest BCUT2D eigenvalue weighted by atomic mass is 9.97. The number of methoxy groups -OCH3 is 1. The second kappa shape index (κ2) is 6.56. The van der Waals surface area contributed by atoms with E-state index in [1.165, 1.54) is 0 Å². The summed E-state index contributed by atoms with van der Waals surface area (Å²) in [5, 5.41) is 0. The van der Waals surface area contributed by atoms with Crippen molar-refractivity contribution in [2.75, 3.05) is 31.7 Å². The van der Waals surface area contributed by atoms with E-state index in [4.69, 9.17) is 4.74 Å². The van der Waals surface area contributed by atoms with Crippen LogP contribution in [0.4, 0.5) is 5.82 Å². The van der Waals surface area contributed by atoms with Crippen LogP contribution < -0.4 is 4.90 Å². The SMILES string of the molecule is COCCn1ccnc1C1CCCN(c2ncnc3nc[nH]c23)C1. The average Bonchev–Trinajstić information content (AvgIpc) is 3.28. The number of ether oxygens (including phenoxy) is 1. The smallest absolute Gasteiger partial charge is 0.182 e. The number of hydrogen-bond donors (Lipinski definition) is 1. The van der Waals surface area contributed by atoms with E-state index in [1.807, 2.05) is 12.4 Å². The number of hydrogen-bond acceptors (Lipinski definition) is 6. The van der Waals surface area contributed by atoms with Crippen LogP contribution in [0.2, 0.25) is 0 Å². The molecular formula is C16H21N7O. The van der Waals surface area contributed by atoms with Gasteiger partial charge in [0.15, 0.2) is 11.5 Å². The van der Waals surface area contributed by atoms with Crippen LogP contribution in [0, 0.1) is 0 Å². The first-order valence-electron chi connectivity index (χ1n) is 8.26. The molecule has 0 aromatic carbocycles. The van der Waals surface area contributed by atoms with E-state index in [9.17, 15) is 0 Å². The van der Waals surface area contributed by atoms with Crippen molar-refractivity contribution < 1.29 is 4.74 Å². The zero-order valence-electron chi connectivity index (χ0n) is 13.7. The fourth-order valence-corrected chi connectivity index (χ4v) is 3.43. The van der Waals surface area contributed by atoms with Gasteiger partial charge in [-0.1, -0.05) is 0 Å². The number of H-pyrrole nitrogens is 1. The number of rotatable bonds is 5. The molecule has 8 nitrogen and oxygen atoms in total. The first-order chi connectivity index (χ1) is 11.9. The predicted molar refractivity (Wildman–Crippen MR) is 90.0 cm³/mol. The molecule has 0 spiro atoms. The number of nitrogens with zero attached hydrogens (tertiary/aromatic N) is 6. The van der Waals surface area contributed by atoms with Crippen molar-refractivity contribution in [3.63, 3.8) is 0 Å². The van der Waals surface area contributed by atoms with Crippen molar-refractivity contribution in [3.05, 3.63) is 30.9 Å². The van der Waals surface area contributed by atoms with Gasteiger partial charge in [0.1, 0.15) is 17.7 Å². The van der Waals surface area contributed by atoms with Gasteiger partial charge in [-0.2, -0.15) is 0 Å². The summed E-state index contributed by atoms with van der Waals surface area (Å²) >= 11 is 0. The Bertz CT molecular complexity index is 811. The molecule has 1 N–H and O–H groups in total. The maximum atomic E-state index is 5.20. The normalized spacial score (nSPS) is 18.4. The molecule has 1 aliphatic heterocycles. The van der Waals surface area contributed by atoms with Gasteiger partial charge >= 0.3 is 0 Å². The minimum atomic E-state index is 0.388. The molecule has 0 aliphatic carbocycles. The summed E-state index contributed by atoms with van der Waals surface area (Å²) in [6.45, 7) is 3.41. The van der Waals surface area contributed by atoms with E-state index < -0.39 is 0 Å². The van der Waals surface area contributed by atoms with Gasteiger partial charge in [0, 0.05) is 45.1 Å². The number of aromatic amines is 1. The maximum absolute atomic E-state index is 5.20. The number of fused-ring (bicyclic) bond motifs is 1. The van der Waals surface area contributed by atoms with Gasteiger partial charge in [-0.3, -0.25) is 0 Å². The second-order valence-corrected chi connectivity index (χ2v) is 6.06. The van der Waals surface area contributed by atoms with Crippen LogP contribution in [0.3, 0.4) is 0 Å². The van der Waals surface area contributed by atoms with E-state index in [1.54, 1.807) is 19.8 Å². The molecule has 1 aliphatic rings. The molecule has 8 heteroatoms. The Balaban J connectivity index is 1.58. The molecule has 1 fully saturated rings. The van der Waals surface area contributed by atoms with E-state index in [-0.39, 0.29) is 0 Å². The van der Waals surface area contributed by atoms with Crippen LogP contribution in [-0.2, 0) is 11.3 Å². The van der Waals surface area contributed by atoms with E-state index in [2.05, 4.69) is 34.4 Å². The van der Waals surface area contributed by atoms with E-state index in [0.29, 0.717) is 18.2 Å². The Kier molecular flexibility index (Phi) is 4.12. The summed E-state index contributed by atoms with van der Waals surface area (Å²) < 4.78 is 7.40. The molecule has 3 aromatic rings. The zero-order chi connectivity index (χ0) is 16.4. The Labute approximate surface area is 139 Å². The lowest BCUT2D eigenvalue weighted by molar-refractivity contribution is 0.185. The standard InChI is InChI=1S/C16H21N7O/c1-24-8-7-22-6-4-17-15(22)12-3-2-5-23(9-12)16-13-14(19-10-18-13)20-11-21-16/h4,6,10-12H,2-3,5,7-9H2,1H3,(H,18,19,20,21). The molecule has 4 rings (SSSR count). The molecule has 1 unspecified atom stereocenters. The monoisotopic (exact) mass is 327 g/mol. The number of piperidine rings is 1. The van der Waals surface area contributed by atoms with Crippen molar-refractivity contribution >= 4 is 17.0 Å². The van der Waals surface area contributed by atoms with E-state index in [0.717, 1.165) is 49.6 Å². The lowest BCUT2D eigenvalue weighted by Gasteiger charge is -2.33. The molecular weight excluding hydrogens is 306 g/mol. The third-order valence-electron chi connectivity index (χ3n) is 4.57. The van der Waals surface area contributed by atoms with Gasteiger partial charge in [-0.15, -0.1) is 0 Å². The summed E-state index contributed by atoms with van der Waals surface area (Å²) in [5.74, 6) is 2.45. The van der Waals surface area contributed by atoms with Gasteiger partial charge in [0.2, 0.25) is 0 Å². The van der Waals surface area contributed by atoms with Crippen LogP contribution in [0.25, 0.3) is 11.2 Å². The fraction of sp³-hybridized carbons (Fsp3) is 0.500. The summed E-state index contributed by atoms with van der Waals surface area (Å²) in [7, 11) is 1.73. The molecule has 3 aromatic heterocycles. The Morgan fingerprint density at radius 1 is 1.29 bits per heavy atom. The van der Waals surface area contributed by atoms with Crippen LogP contribution in [0.15, 0.2) is 25.0 Å². The summed E-state index contributed by atoms with van der Waals surface area (Å²) in [5.41, 5.74) is 1.62. The summed E-state index contributed by atoms with van der Waals surface area (Å²) in [4.78, 5) is 23.0. The second-order valence-electron chi connectivity index (χ2n) is 6.06. The molecule has 1 atom stereocenters. The highest BCUT2D eigenvalue weighted by atomic mass is 16.5. The van der Waals surface area contributed by atoms with Crippen LogP contribution in [0.1, 0.15) is 24.6 Å². The van der Waals surface area contributed by atoms with Crippen molar-refractivity contribution in [3.8, 4) is 0 Å². The number of aromatic nitrogens is 6. The minimum Gasteiger partial charge on any atom is -0.383 e. The van der Waals surface area contributed by atoms with E-state index >= 15 is 0 Å². The number of nitrogens with one attached hydrogen (secondary N) is 1. The maximum Gasteiger partial charge on any atom is 0.182 e. The van der Waals surface area contributed by atoms with Crippen LogP contribution in [-0.4, -0.2) is 56.3 Å². The Hall–Kier alpha value is -2.48. The fourth-order valence-electron chi connectivity index (χ4n) is 3.43. The van der Waals surface area contributed by atoms with Crippen LogP contribution in [0.5, 0.6) is 0 Å². The van der Waals surface area contributed by atoms with Gasteiger partial charge in [-0.05, 0) is 12.8 Å². The largest absolute Gasteiger partial charge is 0.383 e. The minimum absolute atomic E-state index is 0.388. The van der Waals surface area contributed by atoms with Crippen molar-refractivity contribution in [1.29, 1.82) is 0 Å². The Morgan fingerprint density at radius 3 is 3.17 bits per heavy atom. The quantitative estimate of drug-likeness (QED) is 0.766. The van der Waals surface area contributed by atoms with Gasteiger partial charge in [0.05, 0.1) is 12.9 Å². The molecule has 126 valence electrons. The zero-order valence-corrected chi connectivity index (χ0v) is 13.7. The first-order valence-corrected chi connectivity index (χ1v) is 8.26. The molecule has 1 saturated heterocycles. The summed E-state index contributed by atoms with van der Waals surface area (Å²) in [6.07, 6.45) is 9.41. The van der Waals surface area contributed by atoms with Gasteiger partial charge in [0.25, 0.3) is 0 Å². The number of imidazole rings is 2.